The fourth-order valence-electron chi connectivity index (χ4n) is 3.36. The molecule has 21 heavy (non-hydrogen) atoms. The van der Waals surface area contributed by atoms with Crippen molar-refractivity contribution in [3.8, 4) is 0 Å². The minimum atomic E-state index is -0.679. The summed E-state index contributed by atoms with van der Waals surface area (Å²) in [6, 6.07) is 8.58. The van der Waals surface area contributed by atoms with E-state index in [2.05, 4.69) is 42.5 Å². The van der Waals surface area contributed by atoms with Crippen molar-refractivity contribution >= 4 is 17.7 Å². The van der Waals surface area contributed by atoms with Gasteiger partial charge in [-0.25, -0.2) is 0 Å². The number of rotatable bonds is 6. The maximum atomic E-state index is 11.3. The van der Waals surface area contributed by atoms with E-state index in [4.69, 9.17) is 0 Å². The van der Waals surface area contributed by atoms with Gasteiger partial charge < -0.3 is 5.11 Å². The van der Waals surface area contributed by atoms with Gasteiger partial charge in [-0.2, -0.15) is 0 Å². The van der Waals surface area contributed by atoms with E-state index in [0.717, 1.165) is 32.2 Å². The molecule has 0 heterocycles. The highest BCUT2D eigenvalue weighted by atomic mass is 32.2. The molecule has 1 saturated carbocycles. The van der Waals surface area contributed by atoms with Gasteiger partial charge in [0.15, 0.2) is 0 Å². The Morgan fingerprint density at radius 3 is 2.38 bits per heavy atom. The van der Waals surface area contributed by atoms with Gasteiger partial charge in [0.2, 0.25) is 0 Å². The van der Waals surface area contributed by atoms with Crippen molar-refractivity contribution in [3.05, 3.63) is 29.8 Å². The van der Waals surface area contributed by atoms with Crippen LogP contribution in [0.2, 0.25) is 0 Å². The highest BCUT2D eigenvalue weighted by Crippen LogP contribution is 2.36. The number of thioether (sulfide) groups is 1. The summed E-state index contributed by atoms with van der Waals surface area (Å²) in [5.41, 5.74) is 1.09. The Hall–Kier alpha value is -1.00. The Labute approximate surface area is 131 Å². The molecule has 0 amide bonds. The monoisotopic (exact) mass is 307 g/mol. The van der Waals surface area contributed by atoms with E-state index in [1.807, 2.05) is 0 Å². The van der Waals surface area contributed by atoms with Crippen LogP contribution in [0.5, 0.6) is 0 Å². The van der Waals surface area contributed by atoms with Crippen molar-refractivity contribution in [3.63, 3.8) is 0 Å². The topological polar surface area (TPSA) is 40.5 Å². The minimum Gasteiger partial charge on any atom is -0.481 e. The van der Waals surface area contributed by atoms with Gasteiger partial charge in [0.05, 0.1) is 6.42 Å². The molecule has 3 nitrogen and oxygen atoms in total. The molecule has 116 valence electrons. The van der Waals surface area contributed by atoms with Crippen LogP contribution in [-0.4, -0.2) is 34.8 Å². The van der Waals surface area contributed by atoms with Gasteiger partial charge in [-0.15, -0.1) is 11.8 Å². The number of hydrogen-bond donors (Lipinski definition) is 1. The first-order chi connectivity index (χ1) is 10.1. The normalized spacial score (nSPS) is 17.9. The fraction of sp³-hybridized carbons (Fsp3) is 0.588. The molecule has 0 saturated heterocycles. The van der Waals surface area contributed by atoms with Crippen LogP contribution in [0.25, 0.3) is 0 Å². The van der Waals surface area contributed by atoms with Crippen LogP contribution < -0.4 is 0 Å². The molecular weight excluding hydrogens is 282 g/mol. The summed E-state index contributed by atoms with van der Waals surface area (Å²) in [5, 5.41) is 9.28. The van der Waals surface area contributed by atoms with Crippen molar-refractivity contribution < 1.29 is 9.90 Å². The minimum absolute atomic E-state index is 0.164. The number of aliphatic carboxylic acids is 1. The van der Waals surface area contributed by atoms with Crippen LogP contribution in [0, 0.1) is 0 Å². The Kier molecular flexibility index (Phi) is 5.71. The summed E-state index contributed by atoms with van der Waals surface area (Å²) >= 11 is 1.74. The number of carboxylic acid groups (broad SMARTS) is 1. The lowest BCUT2D eigenvalue weighted by atomic mass is 9.78. The Balaban J connectivity index is 2.09. The quantitative estimate of drug-likeness (QED) is 0.806. The summed E-state index contributed by atoms with van der Waals surface area (Å²) in [6.45, 7) is 0.821. The molecule has 1 aromatic rings. The Morgan fingerprint density at radius 2 is 1.86 bits per heavy atom. The smallest absolute Gasteiger partial charge is 0.305 e. The Bertz CT molecular complexity index is 466. The molecule has 0 aliphatic heterocycles. The Morgan fingerprint density at radius 1 is 1.24 bits per heavy atom. The van der Waals surface area contributed by atoms with E-state index in [1.54, 1.807) is 11.8 Å². The number of hydrogen-bond acceptors (Lipinski definition) is 3. The van der Waals surface area contributed by atoms with Gasteiger partial charge in [0.1, 0.15) is 0 Å². The van der Waals surface area contributed by atoms with Gasteiger partial charge in [-0.05, 0) is 43.8 Å². The largest absolute Gasteiger partial charge is 0.481 e. The molecule has 1 fully saturated rings. The third kappa shape index (κ3) is 4.24. The molecule has 1 aromatic carbocycles. The molecule has 2 rings (SSSR count). The highest BCUT2D eigenvalue weighted by molar-refractivity contribution is 7.98. The predicted molar refractivity (Wildman–Crippen MR) is 87.8 cm³/mol. The predicted octanol–water partition coefficient (Wildman–Crippen LogP) is 4.02. The van der Waals surface area contributed by atoms with Gasteiger partial charge >= 0.3 is 5.97 Å². The molecule has 0 bridgehead atoms. The first kappa shape index (κ1) is 16.4. The third-order valence-corrected chi connectivity index (χ3v) is 5.40. The summed E-state index contributed by atoms with van der Waals surface area (Å²) in [6.07, 6.45) is 7.85. The molecule has 1 aliphatic carbocycles. The first-order valence-corrected chi connectivity index (χ1v) is 8.84. The second-order valence-corrected chi connectivity index (χ2v) is 6.94. The number of nitrogens with zero attached hydrogens (tertiary/aromatic N) is 1. The van der Waals surface area contributed by atoms with Crippen molar-refractivity contribution in [2.75, 3.05) is 13.3 Å². The maximum absolute atomic E-state index is 11.3. The average molecular weight is 307 g/mol. The molecular formula is C17H25NO2S. The van der Waals surface area contributed by atoms with Gasteiger partial charge in [0, 0.05) is 17.0 Å². The standard InChI is InChI=1S/C17H25NO2S/c1-18(13-14-6-8-15(21-2)9-7-14)17(12-16(19)20)10-4-3-5-11-17/h6-9H,3-5,10-13H2,1-2H3,(H,19,20). The molecule has 0 aromatic heterocycles. The lowest BCUT2D eigenvalue weighted by Crippen LogP contribution is -2.49. The highest BCUT2D eigenvalue weighted by Gasteiger charge is 2.37. The SMILES string of the molecule is CSc1ccc(CN(C)C2(CC(=O)O)CCCCC2)cc1. The third-order valence-electron chi connectivity index (χ3n) is 4.65. The molecule has 0 atom stereocenters. The lowest BCUT2D eigenvalue weighted by Gasteiger charge is -2.44. The number of carboxylic acids is 1. The van der Waals surface area contributed by atoms with Crippen LogP contribution in [0.3, 0.4) is 0 Å². The molecule has 0 spiro atoms. The van der Waals surface area contributed by atoms with Crippen molar-refractivity contribution in [1.29, 1.82) is 0 Å². The summed E-state index contributed by atoms with van der Waals surface area (Å²) in [5.74, 6) is -0.679. The van der Waals surface area contributed by atoms with Crippen LogP contribution in [0.1, 0.15) is 44.1 Å². The van der Waals surface area contributed by atoms with Gasteiger partial charge in [0.25, 0.3) is 0 Å². The molecule has 4 heteroatoms. The van der Waals surface area contributed by atoms with Crippen LogP contribution in [0.4, 0.5) is 0 Å². The molecule has 0 unspecified atom stereocenters. The van der Waals surface area contributed by atoms with Crippen molar-refractivity contribution in [2.45, 2.75) is 55.5 Å². The second kappa shape index (κ2) is 7.32. The number of benzene rings is 1. The molecule has 1 aliphatic rings. The zero-order valence-corrected chi connectivity index (χ0v) is 13.8. The summed E-state index contributed by atoms with van der Waals surface area (Å²) in [7, 11) is 2.08. The zero-order chi connectivity index (χ0) is 15.3. The van der Waals surface area contributed by atoms with Gasteiger partial charge in [-0.1, -0.05) is 31.4 Å². The second-order valence-electron chi connectivity index (χ2n) is 6.06. The van der Waals surface area contributed by atoms with Crippen molar-refractivity contribution in [2.24, 2.45) is 0 Å². The van der Waals surface area contributed by atoms with E-state index in [-0.39, 0.29) is 12.0 Å². The average Bonchev–Trinajstić information content (AvgIpc) is 2.48. The van der Waals surface area contributed by atoms with E-state index in [1.165, 1.54) is 16.9 Å². The zero-order valence-electron chi connectivity index (χ0n) is 13.0. The molecule has 0 radical (unpaired) electrons. The number of carbonyl (C=O) groups is 1. The van der Waals surface area contributed by atoms with Crippen molar-refractivity contribution in [1.82, 2.24) is 4.90 Å². The maximum Gasteiger partial charge on any atom is 0.305 e. The van der Waals surface area contributed by atoms with Crippen LogP contribution in [-0.2, 0) is 11.3 Å². The summed E-state index contributed by atoms with van der Waals surface area (Å²) < 4.78 is 0. The first-order valence-electron chi connectivity index (χ1n) is 7.62. The lowest BCUT2D eigenvalue weighted by molar-refractivity contribution is -0.141. The van der Waals surface area contributed by atoms with Crippen LogP contribution in [0.15, 0.2) is 29.2 Å². The summed E-state index contributed by atoms with van der Waals surface area (Å²) in [4.78, 5) is 14.8. The van der Waals surface area contributed by atoms with E-state index >= 15 is 0 Å². The van der Waals surface area contributed by atoms with Gasteiger partial charge in [-0.3, -0.25) is 9.69 Å². The van der Waals surface area contributed by atoms with E-state index in [9.17, 15) is 9.90 Å². The fourth-order valence-corrected chi connectivity index (χ4v) is 3.77. The molecule has 1 N–H and O–H groups in total. The van der Waals surface area contributed by atoms with Crippen LogP contribution >= 0.6 is 11.8 Å². The van der Waals surface area contributed by atoms with E-state index < -0.39 is 5.97 Å². The van der Waals surface area contributed by atoms with E-state index in [0.29, 0.717) is 0 Å².